The van der Waals surface area contributed by atoms with Crippen LogP contribution >= 0.6 is 0 Å². The van der Waals surface area contributed by atoms with Gasteiger partial charge < -0.3 is 4.74 Å². The third kappa shape index (κ3) is 6.18. The second-order valence-electron chi connectivity index (χ2n) is 4.72. The molecule has 0 heterocycles. The fourth-order valence-electron chi connectivity index (χ4n) is 2.06. The van der Waals surface area contributed by atoms with Gasteiger partial charge >= 0.3 is 5.97 Å². The van der Waals surface area contributed by atoms with Crippen molar-refractivity contribution in [1.29, 1.82) is 0 Å². The number of aryl methyl sites for hydroxylation is 1. The Morgan fingerprint density at radius 1 is 1.32 bits per heavy atom. The van der Waals surface area contributed by atoms with E-state index in [2.05, 4.69) is 19.1 Å². The van der Waals surface area contributed by atoms with Crippen molar-refractivity contribution in [3.8, 4) is 0 Å². The molecule has 1 saturated carbocycles. The normalized spacial score (nSPS) is 17.6. The highest BCUT2D eigenvalue weighted by Crippen LogP contribution is 2.24. The maximum atomic E-state index is 11.1. The number of hydrogen-bond donors (Lipinski definition) is 0. The van der Waals surface area contributed by atoms with Gasteiger partial charge in [0.2, 0.25) is 0 Å². The van der Waals surface area contributed by atoms with Gasteiger partial charge in [0.05, 0.1) is 13.0 Å². The standard InChI is InChI=1S/C9H14O3.C7H8/c1-2-12-9(11)6-7-4-3-5-8(7)10;1-7-5-3-2-4-6-7/h7H,2-6H2,1H3;2-6H,1H3. The van der Waals surface area contributed by atoms with Gasteiger partial charge in [0, 0.05) is 12.3 Å². The maximum Gasteiger partial charge on any atom is 0.306 e. The number of carbonyl (C=O) groups is 2. The van der Waals surface area contributed by atoms with E-state index in [9.17, 15) is 9.59 Å². The Kier molecular flexibility index (Phi) is 6.86. The zero-order valence-corrected chi connectivity index (χ0v) is 11.7. The Morgan fingerprint density at radius 2 is 2.00 bits per heavy atom. The number of esters is 1. The van der Waals surface area contributed by atoms with Crippen LogP contribution in [0.1, 0.15) is 38.2 Å². The summed E-state index contributed by atoms with van der Waals surface area (Å²) >= 11 is 0. The summed E-state index contributed by atoms with van der Waals surface area (Å²) in [4.78, 5) is 22.1. The lowest BCUT2D eigenvalue weighted by Gasteiger charge is -2.05. The molecule has 1 atom stereocenters. The molecule has 1 fully saturated rings. The highest BCUT2D eigenvalue weighted by Gasteiger charge is 2.26. The van der Waals surface area contributed by atoms with Crippen LogP contribution in [-0.2, 0) is 14.3 Å². The van der Waals surface area contributed by atoms with Gasteiger partial charge in [0.1, 0.15) is 5.78 Å². The monoisotopic (exact) mass is 262 g/mol. The number of benzene rings is 1. The number of ketones is 1. The van der Waals surface area contributed by atoms with Crippen molar-refractivity contribution in [2.75, 3.05) is 6.61 Å². The Hall–Kier alpha value is -1.64. The number of hydrogen-bond acceptors (Lipinski definition) is 3. The Labute approximate surface area is 115 Å². The zero-order valence-electron chi connectivity index (χ0n) is 11.7. The van der Waals surface area contributed by atoms with Gasteiger partial charge in [0.25, 0.3) is 0 Å². The summed E-state index contributed by atoms with van der Waals surface area (Å²) in [5.41, 5.74) is 1.32. The van der Waals surface area contributed by atoms with E-state index in [4.69, 9.17) is 4.74 Å². The van der Waals surface area contributed by atoms with Crippen LogP contribution in [0.2, 0.25) is 0 Å². The highest BCUT2D eigenvalue weighted by molar-refractivity contribution is 5.86. The third-order valence-corrected chi connectivity index (χ3v) is 3.09. The van der Waals surface area contributed by atoms with E-state index in [1.807, 2.05) is 18.2 Å². The van der Waals surface area contributed by atoms with Gasteiger partial charge in [-0.3, -0.25) is 9.59 Å². The van der Waals surface area contributed by atoms with Gasteiger partial charge in [0.15, 0.2) is 0 Å². The van der Waals surface area contributed by atoms with Gasteiger partial charge in [-0.1, -0.05) is 35.9 Å². The van der Waals surface area contributed by atoms with Gasteiger partial charge in [-0.15, -0.1) is 0 Å². The first-order valence-corrected chi connectivity index (χ1v) is 6.83. The first kappa shape index (κ1) is 15.4. The predicted molar refractivity (Wildman–Crippen MR) is 74.8 cm³/mol. The van der Waals surface area contributed by atoms with Crippen LogP contribution in [0, 0.1) is 12.8 Å². The minimum absolute atomic E-state index is 0.0518. The quantitative estimate of drug-likeness (QED) is 0.785. The highest BCUT2D eigenvalue weighted by atomic mass is 16.5. The summed E-state index contributed by atoms with van der Waals surface area (Å²) in [7, 11) is 0. The molecule has 0 N–H and O–H groups in total. The molecule has 0 bridgehead atoms. The number of Topliss-reactive ketones (excluding diaryl/α,β-unsaturated/α-hetero) is 1. The zero-order chi connectivity index (χ0) is 14.1. The molecule has 1 aromatic rings. The molecule has 0 amide bonds. The van der Waals surface area contributed by atoms with Crippen LogP contribution < -0.4 is 0 Å². The second kappa shape index (κ2) is 8.46. The summed E-state index contributed by atoms with van der Waals surface area (Å²) in [6, 6.07) is 10.3. The minimum Gasteiger partial charge on any atom is -0.466 e. The van der Waals surface area contributed by atoms with Crippen LogP contribution in [0.25, 0.3) is 0 Å². The molecule has 0 radical (unpaired) electrons. The molecule has 19 heavy (non-hydrogen) atoms. The van der Waals surface area contributed by atoms with E-state index < -0.39 is 0 Å². The number of carbonyl (C=O) groups excluding carboxylic acids is 2. The largest absolute Gasteiger partial charge is 0.466 e. The van der Waals surface area contributed by atoms with E-state index in [0.29, 0.717) is 13.0 Å². The van der Waals surface area contributed by atoms with Crippen molar-refractivity contribution in [3.05, 3.63) is 35.9 Å². The van der Waals surface area contributed by atoms with E-state index in [0.717, 1.165) is 12.8 Å². The van der Waals surface area contributed by atoms with Crippen LogP contribution in [0.15, 0.2) is 30.3 Å². The lowest BCUT2D eigenvalue weighted by atomic mass is 10.0. The molecule has 2 rings (SSSR count). The summed E-state index contributed by atoms with van der Waals surface area (Å²) in [5.74, 6) is -0.0650. The molecule has 1 unspecified atom stereocenters. The van der Waals surface area contributed by atoms with E-state index in [1.54, 1.807) is 6.92 Å². The first-order valence-electron chi connectivity index (χ1n) is 6.83. The lowest BCUT2D eigenvalue weighted by Crippen LogP contribution is -2.14. The smallest absolute Gasteiger partial charge is 0.306 e. The van der Waals surface area contributed by atoms with Crippen LogP contribution in [-0.4, -0.2) is 18.4 Å². The van der Waals surface area contributed by atoms with Gasteiger partial charge in [-0.25, -0.2) is 0 Å². The Bertz CT molecular complexity index is 398. The Balaban J connectivity index is 0.000000218. The van der Waals surface area contributed by atoms with Gasteiger partial charge in [-0.05, 0) is 26.7 Å². The van der Waals surface area contributed by atoms with Crippen molar-refractivity contribution in [3.63, 3.8) is 0 Å². The fourth-order valence-corrected chi connectivity index (χ4v) is 2.06. The second-order valence-corrected chi connectivity index (χ2v) is 4.72. The van der Waals surface area contributed by atoms with E-state index >= 15 is 0 Å². The summed E-state index contributed by atoms with van der Waals surface area (Å²) in [6.45, 7) is 4.26. The summed E-state index contributed by atoms with van der Waals surface area (Å²) in [5, 5.41) is 0. The lowest BCUT2D eigenvalue weighted by molar-refractivity contribution is -0.145. The fraction of sp³-hybridized carbons (Fsp3) is 0.500. The summed E-state index contributed by atoms with van der Waals surface area (Å²) < 4.78 is 4.76. The minimum atomic E-state index is -0.238. The number of rotatable bonds is 3. The van der Waals surface area contributed by atoms with E-state index in [1.165, 1.54) is 5.56 Å². The molecular weight excluding hydrogens is 240 g/mol. The predicted octanol–water partition coefficient (Wildman–Crippen LogP) is 3.30. The van der Waals surface area contributed by atoms with E-state index in [-0.39, 0.29) is 24.1 Å². The molecule has 0 saturated heterocycles. The van der Waals surface area contributed by atoms with Crippen molar-refractivity contribution in [2.24, 2.45) is 5.92 Å². The molecule has 3 heteroatoms. The molecule has 0 aliphatic heterocycles. The SMILES string of the molecule is CCOC(=O)CC1CCCC1=O.Cc1ccccc1. The van der Waals surface area contributed by atoms with Crippen LogP contribution in [0.5, 0.6) is 0 Å². The Morgan fingerprint density at radius 3 is 2.42 bits per heavy atom. The average Bonchev–Trinajstić information content (AvgIpc) is 2.77. The van der Waals surface area contributed by atoms with Gasteiger partial charge in [-0.2, -0.15) is 0 Å². The maximum absolute atomic E-state index is 11.1. The molecular formula is C16H22O3. The molecule has 0 spiro atoms. The third-order valence-electron chi connectivity index (χ3n) is 3.09. The van der Waals surface area contributed by atoms with Crippen molar-refractivity contribution in [2.45, 2.75) is 39.5 Å². The summed E-state index contributed by atoms with van der Waals surface area (Å²) in [6.07, 6.45) is 2.72. The number of ether oxygens (including phenoxy) is 1. The van der Waals surface area contributed by atoms with Crippen molar-refractivity contribution < 1.29 is 14.3 Å². The molecule has 1 aromatic carbocycles. The molecule has 3 nitrogen and oxygen atoms in total. The molecule has 0 aromatic heterocycles. The van der Waals surface area contributed by atoms with Crippen molar-refractivity contribution in [1.82, 2.24) is 0 Å². The molecule has 1 aliphatic rings. The van der Waals surface area contributed by atoms with Crippen LogP contribution in [0.3, 0.4) is 0 Å². The molecule has 1 aliphatic carbocycles. The topological polar surface area (TPSA) is 43.4 Å². The first-order chi connectivity index (χ1) is 9.13. The van der Waals surface area contributed by atoms with Crippen LogP contribution in [0.4, 0.5) is 0 Å². The van der Waals surface area contributed by atoms with Crippen molar-refractivity contribution >= 4 is 11.8 Å². The molecule has 104 valence electrons. The average molecular weight is 262 g/mol.